The summed E-state index contributed by atoms with van der Waals surface area (Å²) in [6, 6.07) is 0. The fourth-order valence-electron chi connectivity index (χ4n) is 1.80. The summed E-state index contributed by atoms with van der Waals surface area (Å²) < 4.78 is 0. The van der Waals surface area contributed by atoms with Gasteiger partial charge < -0.3 is 0 Å². The molecule has 78 valence electrons. The highest BCUT2D eigenvalue weighted by Gasteiger charge is 2.13. The molecule has 1 atom stereocenters. The van der Waals surface area contributed by atoms with Gasteiger partial charge in [0.1, 0.15) is 6.33 Å². The molecule has 0 aliphatic rings. The molecule has 0 aliphatic heterocycles. The smallest absolute Gasteiger partial charge is 0.115 e. The SMILES string of the molecule is CCCC(C)c1cncnc1C(C)C. The van der Waals surface area contributed by atoms with E-state index in [-0.39, 0.29) is 0 Å². The predicted octanol–water partition coefficient (Wildman–Crippen LogP) is 3.50. The topological polar surface area (TPSA) is 25.8 Å². The van der Waals surface area contributed by atoms with Gasteiger partial charge in [-0.1, -0.05) is 34.1 Å². The Morgan fingerprint density at radius 3 is 2.57 bits per heavy atom. The van der Waals surface area contributed by atoms with Gasteiger partial charge in [-0.2, -0.15) is 0 Å². The maximum Gasteiger partial charge on any atom is 0.115 e. The minimum Gasteiger partial charge on any atom is -0.245 e. The zero-order valence-corrected chi connectivity index (χ0v) is 9.62. The van der Waals surface area contributed by atoms with Gasteiger partial charge >= 0.3 is 0 Å². The molecule has 2 nitrogen and oxygen atoms in total. The predicted molar refractivity (Wildman–Crippen MR) is 59.4 cm³/mol. The standard InChI is InChI=1S/C12H20N2/c1-5-6-10(4)11-7-13-8-14-12(11)9(2)3/h7-10H,5-6H2,1-4H3. The maximum atomic E-state index is 4.37. The second-order valence-electron chi connectivity index (χ2n) is 4.21. The van der Waals surface area contributed by atoms with E-state index in [0.717, 1.165) is 0 Å². The second-order valence-corrected chi connectivity index (χ2v) is 4.21. The molecule has 0 amide bonds. The van der Waals surface area contributed by atoms with Crippen LogP contribution in [0, 0.1) is 0 Å². The third-order valence-electron chi connectivity index (χ3n) is 2.57. The number of hydrogen-bond acceptors (Lipinski definition) is 2. The van der Waals surface area contributed by atoms with Crippen LogP contribution in [-0.4, -0.2) is 9.97 Å². The van der Waals surface area contributed by atoms with Crippen molar-refractivity contribution < 1.29 is 0 Å². The first-order chi connectivity index (χ1) is 6.66. The Labute approximate surface area is 86.8 Å². The van der Waals surface area contributed by atoms with Crippen molar-refractivity contribution in [2.45, 2.75) is 52.4 Å². The van der Waals surface area contributed by atoms with E-state index < -0.39 is 0 Å². The van der Waals surface area contributed by atoms with E-state index in [1.807, 2.05) is 6.20 Å². The Bertz CT molecular complexity index is 281. The van der Waals surface area contributed by atoms with E-state index in [4.69, 9.17) is 0 Å². The van der Waals surface area contributed by atoms with Gasteiger partial charge in [0.2, 0.25) is 0 Å². The number of aromatic nitrogens is 2. The molecule has 2 heteroatoms. The van der Waals surface area contributed by atoms with Gasteiger partial charge in [0.25, 0.3) is 0 Å². The zero-order valence-electron chi connectivity index (χ0n) is 9.62. The summed E-state index contributed by atoms with van der Waals surface area (Å²) in [6.45, 7) is 8.85. The lowest BCUT2D eigenvalue weighted by Gasteiger charge is -2.16. The highest BCUT2D eigenvalue weighted by atomic mass is 14.8. The molecular weight excluding hydrogens is 172 g/mol. The van der Waals surface area contributed by atoms with Crippen LogP contribution in [0.1, 0.15) is 63.6 Å². The van der Waals surface area contributed by atoms with Crippen molar-refractivity contribution in [3.63, 3.8) is 0 Å². The number of nitrogens with zero attached hydrogens (tertiary/aromatic N) is 2. The fraction of sp³-hybridized carbons (Fsp3) is 0.667. The highest BCUT2D eigenvalue weighted by Crippen LogP contribution is 2.26. The lowest BCUT2D eigenvalue weighted by molar-refractivity contribution is 0.639. The van der Waals surface area contributed by atoms with Gasteiger partial charge in [0.15, 0.2) is 0 Å². The van der Waals surface area contributed by atoms with Crippen molar-refractivity contribution in [1.29, 1.82) is 0 Å². The van der Waals surface area contributed by atoms with Gasteiger partial charge in [0.05, 0.1) is 0 Å². The molecule has 0 spiro atoms. The van der Waals surface area contributed by atoms with Crippen LogP contribution in [0.15, 0.2) is 12.5 Å². The number of hydrogen-bond donors (Lipinski definition) is 0. The third-order valence-corrected chi connectivity index (χ3v) is 2.57. The van der Waals surface area contributed by atoms with E-state index >= 15 is 0 Å². The summed E-state index contributed by atoms with van der Waals surface area (Å²) in [5.74, 6) is 1.07. The van der Waals surface area contributed by atoms with Crippen molar-refractivity contribution in [2.75, 3.05) is 0 Å². The summed E-state index contributed by atoms with van der Waals surface area (Å²) in [5.41, 5.74) is 2.53. The maximum absolute atomic E-state index is 4.37. The van der Waals surface area contributed by atoms with Crippen LogP contribution in [0.5, 0.6) is 0 Å². The molecule has 1 aromatic heterocycles. The van der Waals surface area contributed by atoms with E-state index in [2.05, 4.69) is 37.7 Å². The molecule has 0 bridgehead atoms. The van der Waals surface area contributed by atoms with Crippen LogP contribution in [0.2, 0.25) is 0 Å². The Kier molecular flexibility index (Phi) is 4.05. The van der Waals surface area contributed by atoms with E-state index in [1.54, 1.807) is 6.33 Å². The Morgan fingerprint density at radius 2 is 2.00 bits per heavy atom. The van der Waals surface area contributed by atoms with Gasteiger partial charge in [0, 0.05) is 11.9 Å². The van der Waals surface area contributed by atoms with E-state index in [0.29, 0.717) is 11.8 Å². The first-order valence-electron chi connectivity index (χ1n) is 5.46. The Hall–Kier alpha value is -0.920. The molecule has 0 aliphatic carbocycles. The number of rotatable bonds is 4. The van der Waals surface area contributed by atoms with Crippen LogP contribution in [0.25, 0.3) is 0 Å². The summed E-state index contributed by atoms with van der Waals surface area (Å²) in [5, 5.41) is 0. The van der Waals surface area contributed by atoms with Crippen LogP contribution in [0.3, 0.4) is 0 Å². The molecule has 0 N–H and O–H groups in total. The summed E-state index contributed by atoms with van der Waals surface area (Å²) in [6.07, 6.45) is 6.06. The van der Waals surface area contributed by atoms with Crippen molar-refractivity contribution in [2.24, 2.45) is 0 Å². The summed E-state index contributed by atoms with van der Waals surface area (Å²) in [4.78, 5) is 8.49. The lowest BCUT2D eigenvalue weighted by Crippen LogP contribution is -2.04. The fourth-order valence-corrected chi connectivity index (χ4v) is 1.80. The molecule has 1 unspecified atom stereocenters. The molecule has 0 fully saturated rings. The van der Waals surface area contributed by atoms with Crippen molar-refractivity contribution in [3.8, 4) is 0 Å². The highest BCUT2D eigenvalue weighted by molar-refractivity contribution is 5.22. The average Bonchev–Trinajstić information content (AvgIpc) is 2.18. The summed E-state index contributed by atoms with van der Waals surface area (Å²) in [7, 11) is 0. The zero-order chi connectivity index (χ0) is 10.6. The van der Waals surface area contributed by atoms with E-state index in [9.17, 15) is 0 Å². The van der Waals surface area contributed by atoms with E-state index in [1.165, 1.54) is 24.1 Å². The van der Waals surface area contributed by atoms with Gasteiger partial charge in [-0.05, 0) is 23.8 Å². The second kappa shape index (κ2) is 5.08. The first kappa shape index (κ1) is 11.2. The van der Waals surface area contributed by atoms with Crippen LogP contribution in [0.4, 0.5) is 0 Å². The van der Waals surface area contributed by atoms with Crippen molar-refractivity contribution in [3.05, 3.63) is 23.8 Å². The first-order valence-corrected chi connectivity index (χ1v) is 5.46. The monoisotopic (exact) mass is 192 g/mol. The van der Waals surface area contributed by atoms with Crippen molar-refractivity contribution in [1.82, 2.24) is 9.97 Å². The molecule has 0 aromatic carbocycles. The third kappa shape index (κ3) is 2.53. The molecule has 14 heavy (non-hydrogen) atoms. The molecule has 1 aromatic rings. The van der Waals surface area contributed by atoms with Crippen molar-refractivity contribution >= 4 is 0 Å². The molecule has 1 heterocycles. The van der Waals surface area contributed by atoms with Gasteiger partial charge in [-0.15, -0.1) is 0 Å². The largest absolute Gasteiger partial charge is 0.245 e. The van der Waals surface area contributed by atoms with Gasteiger partial charge in [-0.25, -0.2) is 9.97 Å². The normalized spacial score (nSPS) is 13.2. The molecule has 0 radical (unpaired) electrons. The lowest BCUT2D eigenvalue weighted by atomic mass is 9.92. The molecular formula is C12H20N2. The van der Waals surface area contributed by atoms with Crippen LogP contribution in [-0.2, 0) is 0 Å². The molecule has 0 saturated heterocycles. The molecule has 1 rings (SSSR count). The van der Waals surface area contributed by atoms with Crippen LogP contribution < -0.4 is 0 Å². The minimum absolute atomic E-state index is 0.493. The quantitative estimate of drug-likeness (QED) is 0.729. The summed E-state index contributed by atoms with van der Waals surface area (Å²) >= 11 is 0. The Balaban J connectivity index is 2.94. The minimum atomic E-state index is 0.493. The van der Waals surface area contributed by atoms with Gasteiger partial charge in [-0.3, -0.25) is 0 Å². The Morgan fingerprint density at radius 1 is 1.29 bits per heavy atom. The average molecular weight is 192 g/mol. The van der Waals surface area contributed by atoms with Crippen LogP contribution >= 0.6 is 0 Å². The molecule has 0 saturated carbocycles.